The summed E-state index contributed by atoms with van der Waals surface area (Å²) in [5.74, 6) is 2.41. The fourth-order valence-electron chi connectivity index (χ4n) is 3.06. The van der Waals surface area contributed by atoms with E-state index in [4.69, 9.17) is 4.42 Å². The molecule has 0 unspecified atom stereocenters. The van der Waals surface area contributed by atoms with Crippen LogP contribution in [0.5, 0.6) is 0 Å². The Morgan fingerprint density at radius 1 is 0.840 bits per heavy atom. The minimum absolute atomic E-state index is 0.674. The van der Waals surface area contributed by atoms with E-state index in [1.165, 1.54) is 5.56 Å². The lowest BCUT2D eigenvalue weighted by Gasteiger charge is -2.34. The number of hydrogen-bond acceptors (Lipinski definition) is 6. The molecule has 0 radical (unpaired) electrons. The number of nitrogens with zero attached hydrogens (tertiary/aromatic N) is 5. The molecule has 6 heteroatoms. The Balaban J connectivity index is 1.30. The predicted octanol–water partition coefficient (Wildman–Crippen LogP) is 2.38. The van der Waals surface area contributed by atoms with Crippen molar-refractivity contribution in [3.05, 3.63) is 72.1 Å². The van der Waals surface area contributed by atoms with Crippen LogP contribution in [-0.2, 0) is 13.0 Å². The molecule has 1 aliphatic heterocycles. The number of rotatable bonds is 5. The third-order valence-electron chi connectivity index (χ3n) is 4.41. The topological polar surface area (TPSA) is 58.3 Å². The number of aromatic nitrogens is 3. The summed E-state index contributed by atoms with van der Waals surface area (Å²) in [5.41, 5.74) is 1.18. The number of anilines is 1. The van der Waals surface area contributed by atoms with E-state index in [0.717, 1.165) is 32.0 Å². The van der Waals surface area contributed by atoms with Crippen LogP contribution in [0, 0.1) is 0 Å². The SMILES string of the molecule is c1ccc(Cc2nnc(CN3CCN(c4ccccn4)CC3)o2)cc1. The lowest BCUT2D eigenvalue weighted by atomic mass is 10.2. The zero-order chi connectivity index (χ0) is 16.9. The highest BCUT2D eigenvalue weighted by Crippen LogP contribution is 2.15. The zero-order valence-corrected chi connectivity index (χ0v) is 14.1. The second-order valence-electron chi connectivity index (χ2n) is 6.20. The van der Waals surface area contributed by atoms with Gasteiger partial charge in [-0.1, -0.05) is 36.4 Å². The molecule has 1 aromatic carbocycles. The molecular formula is C19H21N5O. The van der Waals surface area contributed by atoms with Crippen molar-refractivity contribution >= 4 is 5.82 Å². The maximum atomic E-state index is 5.81. The van der Waals surface area contributed by atoms with Gasteiger partial charge >= 0.3 is 0 Å². The van der Waals surface area contributed by atoms with Crippen molar-refractivity contribution in [3.8, 4) is 0 Å². The molecule has 2 aromatic heterocycles. The molecule has 3 heterocycles. The van der Waals surface area contributed by atoms with E-state index in [1.54, 1.807) is 0 Å². The smallest absolute Gasteiger partial charge is 0.230 e. The molecule has 0 saturated carbocycles. The summed E-state index contributed by atoms with van der Waals surface area (Å²) < 4.78 is 5.81. The van der Waals surface area contributed by atoms with Crippen LogP contribution in [0.1, 0.15) is 17.3 Å². The highest BCUT2D eigenvalue weighted by molar-refractivity contribution is 5.38. The fourth-order valence-corrected chi connectivity index (χ4v) is 3.06. The van der Waals surface area contributed by atoms with Crippen molar-refractivity contribution < 1.29 is 4.42 Å². The van der Waals surface area contributed by atoms with Gasteiger partial charge in [-0.3, -0.25) is 4.90 Å². The molecule has 0 spiro atoms. The predicted molar refractivity (Wildman–Crippen MR) is 95.3 cm³/mol. The lowest BCUT2D eigenvalue weighted by molar-refractivity contribution is 0.224. The van der Waals surface area contributed by atoms with Crippen LogP contribution in [0.15, 0.2) is 59.1 Å². The molecule has 6 nitrogen and oxygen atoms in total. The van der Waals surface area contributed by atoms with E-state index in [1.807, 2.05) is 36.5 Å². The van der Waals surface area contributed by atoms with E-state index in [0.29, 0.717) is 24.7 Å². The van der Waals surface area contributed by atoms with Gasteiger partial charge in [0.2, 0.25) is 11.8 Å². The molecule has 0 atom stereocenters. The summed E-state index contributed by atoms with van der Waals surface area (Å²) in [5, 5.41) is 8.38. The Morgan fingerprint density at radius 2 is 1.60 bits per heavy atom. The molecule has 1 aliphatic rings. The Morgan fingerprint density at radius 3 is 2.36 bits per heavy atom. The van der Waals surface area contributed by atoms with Gasteiger partial charge in [-0.15, -0.1) is 10.2 Å². The number of benzene rings is 1. The highest BCUT2D eigenvalue weighted by Gasteiger charge is 2.19. The van der Waals surface area contributed by atoms with Crippen molar-refractivity contribution in [2.24, 2.45) is 0 Å². The monoisotopic (exact) mass is 335 g/mol. The minimum Gasteiger partial charge on any atom is -0.424 e. The summed E-state index contributed by atoms with van der Waals surface area (Å²) in [7, 11) is 0. The minimum atomic E-state index is 0.674. The third-order valence-corrected chi connectivity index (χ3v) is 4.41. The van der Waals surface area contributed by atoms with Gasteiger partial charge in [0.25, 0.3) is 0 Å². The van der Waals surface area contributed by atoms with Crippen molar-refractivity contribution in [1.82, 2.24) is 20.1 Å². The standard InChI is InChI=1S/C19H21N5O/c1-2-6-16(7-3-1)14-18-21-22-19(25-18)15-23-10-12-24(13-11-23)17-8-4-5-9-20-17/h1-9H,10-15H2. The Hall–Kier alpha value is -2.73. The van der Waals surface area contributed by atoms with Crippen LogP contribution in [0.2, 0.25) is 0 Å². The Labute approximate surface area is 147 Å². The van der Waals surface area contributed by atoms with Crippen molar-refractivity contribution in [3.63, 3.8) is 0 Å². The first-order valence-electron chi connectivity index (χ1n) is 8.60. The summed E-state index contributed by atoms with van der Waals surface area (Å²) in [6.45, 7) is 4.56. The number of hydrogen-bond donors (Lipinski definition) is 0. The second-order valence-corrected chi connectivity index (χ2v) is 6.20. The summed E-state index contributed by atoms with van der Waals surface area (Å²) in [4.78, 5) is 9.08. The van der Waals surface area contributed by atoms with Crippen LogP contribution >= 0.6 is 0 Å². The van der Waals surface area contributed by atoms with Crippen LogP contribution in [0.4, 0.5) is 5.82 Å². The molecule has 128 valence electrons. The van der Waals surface area contributed by atoms with Gasteiger partial charge in [-0.25, -0.2) is 4.98 Å². The average Bonchev–Trinajstić information content (AvgIpc) is 3.11. The molecule has 1 saturated heterocycles. The number of piperazine rings is 1. The average molecular weight is 335 g/mol. The molecule has 0 amide bonds. The van der Waals surface area contributed by atoms with Gasteiger partial charge in [0.05, 0.1) is 13.0 Å². The molecule has 1 fully saturated rings. The van der Waals surface area contributed by atoms with Crippen molar-refractivity contribution in [2.75, 3.05) is 31.1 Å². The lowest BCUT2D eigenvalue weighted by Crippen LogP contribution is -2.46. The van der Waals surface area contributed by atoms with Gasteiger partial charge in [-0.05, 0) is 17.7 Å². The quantitative estimate of drug-likeness (QED) is 0.713. The van der Waals surface area contributed by atoms with Crippen LogP contribution in [0.25, 0.3) is 0 Å². The summed E-state index contributed by atoms with van der Waals surface area (Å²) >= 11 is 0. The molecule has 4 rings (SSSR count). The number of pyridine rings is 1. The molecule has 3 aromatic rings. The summed E-state index contributed by atoms with van der Waals surface area (Å²) in [6, 6.07) is 16.2. The highest BCUT2D eigenvalue weighted by atomic mass is 16.4. The van der Waals surface area contributed by atoms with E-state index >= 15 is 0 Å². The first-order valence-corrected chi connectivity index (χ1v) is 8.60. The molecular weight excluding hydrogens is 314 g/mol. The van der Waals surface area contributed by atoms with Crippen LogP contribution < -0.4 is 4.90 Å². The van der Waals surface area contributed by atoms with Gasteiger partial charge in [0.15, 0.2) is 0 Å². The molecule has 25 heavy (non-hydrogen) atoms. The molecule has 0 N–H and O–H groups in total. The normalized spacial score (nSPS) is 15.4. The Kier molecular flexibility index (Phi) is 4.70. The van der Waals surface area contributed by atoms with Crippen molar-refractivity contribution in [1.29, 1.82) is 0 Å². The molecule has 0 bridgehead atoms. The van der Waals surface area contributed by atoms with Crippen LogP contribution in [0.3, 0.4) is 0 Å². The Bertz CT molecular complexity index is 782. The van der Waals surface area contributed by atoms with E-state index in [2.05, 4.69) is 43.2 Å². The van der Waals surface area contributed by atoms with Gasteiger partial charge < -0.3 is 9.32 Å². The molecule has 0 aliphatic carbocycles. The van der Waals surface area contributed by atoms with E-state index < -0.39 is 0 Å². The van der Waals surface area contributed by atoms with Gasteiger partial charge in [0.1, 0.15) is 5.82 Å². The first kappa shape index (κ1) is 15.8. The van der Waals surface area contributed by atoms with Gasteiger partial charge in [0, 0.05) is 32.4 Å². The maximum Gasteiger partial charge on any atom is 0.230 e. The zero-order valence-electron chi connectivity index (χ0n) is 14.1. The fraction of sp³-hybridized carbons (Fsp3) is 0.316. The maximum absolute atomic E-state index is 5.81. The third kappa shape index (κ3) is 4.03. The van der Waals surface area contributed by atoms with E-state index in [-0.39, 0.29) is 0 Å². The largest absolute Gasteiger partial charge is 0.424 e. The first-order chi connectivity index (χ1) is 12.4. The second kappa shape index (κ2) is 7.44. The van der Waals surface area contributed by atoms with Gasteiger partial charge in [-0.2, -0.15) is 0 Å². The summed E-state index contributed by atoms with van der Waals surface area (Å²) in [6.07, 6.45) is 2.52. The van der Waals surface area contributed by atoms with Crippen molar-refractivity contribution in [2.45, 2.75) is 13.0 Å². The van der Waals surface area contributed by atoms with Crippen LogP contribution in [-0.4, -0.2) is 46.3 Å². The van der Waals surface area contributed by atoms with E-state index in [9.17, 15) is 0 Å².